The minimum absolute atomic E-state index is 0.0833. The molecule has 0 aromatic carbocycles. The zero-order chi connectivity index (χ0) is 14.2. The highest BCUT2D eigenvalue weighted by Crippen LogP contribution is 2.19. The van der Waals surface area contributed by atoms with Crippen LogP contribution < -0.4 is 10.2 Å². The van der Waals surface area contributed by atoms with E-state index in [9.17, 15) is 0 Å². The van der Waals surface area contributed by atoms with Crippen LogP contribution in [0.5, 0.6) is 0 Å². The first-order valence-electron chi connectivity index (χ1n) is 6.18. The lowest BCUT2D eigenvalue weighted by molar-refractivity contribution is 0.307. The second kappa shape index (κ2) is 8.34. The Kier molecular flexibility index (Phi) is 7.98. The van der Waals surface area contributed by atoms with Crippen LogP contribution in [-0.4, -0.2) is 28.9 Å². The van der Waals surface area contributed by atoms with Gasteiger partial charge in [0.25, 0.3) is 0 Å². The van der Waals surface area contributed by atoms with Gasteiger partial charge in [0, 0.05) is 11.8 Å². The number of hydrogen-bond donors (Lipinski definition) is 1. The summed E-state index contributed by atoms with van der Waals surface area (Å²) in [6.45, 7) is 12.1. The maximum absolute atomic E-state index is 4.66. The van der Waals surface area contributed by atoms with Crippen molar-refractivity contribution in [3.8, 4) is 0 Å². The monoisotopic (exact) mass is 285 g/mol. The molecular weight excluding hydrogens is 262 g/mol. The van der Waals surface area contributed by atoms with Crippen LogP contribution >= 0.6 is 12.2 Å². The topological polar surface area (TPSA) is 38.9 Å². The predicted molar refractivity (Wildman–Crippen MR) is 86.5 cm³/mol. The van der Waals surface area contributed by atoms with E-state index in [1.54, 1.807) is 0 Å². The van der Waals surface area contributed by atoms with Crippen molar-refractivity contribution in [3.05, 3.63) is 23.9 Å². The van der Waals surface area contributed by atoms with Gasteiger partial charge in [0.15, 0.2) is 0 Å². The third kappa shape index (κ3) is 5.25. The van der Waals surface area contributed by atoms with Crippen LogP contribution in [0.25, 0.3) is 0 Å². The van der Waals surface area contributed by atoms with Gasteiger partial charge in [-0.2, -0.15) is 0 Å². The van der Waals surface area contributed by atoms with Crippen molar-refractivity contribution in [2.24, 2.45) is 5.73 Å². The average Bonchev–Trinajstić information content (AvgIpc) is 2.31. The van der Waals surface area contributed by atoms with Crippen LogP contribution in [0.2, 0.25) is 0 Å². The van der Waals surface area contributed by atoms with Gasteiger partial charge in [0.2, 0.25) is 5.82 Å². The third-order valence-electron chi connectivity index (χ3n) is 3.18. The summed E-state index contributed by atoms with van der Waals surface area (Å²) >= 11 is 8.26. The molecule has 1 heterocycles. The van der Waals surface area contributed by atoms with Crippen LogP contribution in [0.15, 0.2) is 18.2 Å². The first kappa shape index (κ1) is 17.2. The molecule has 0 aliphatic carbocycles. The molecule has 0 fully saturated rings. The van der Waals surface area contributed by atoms with Gasteiger partial charge in [0.05, 0.1) is 19.6 Å². The molecule has 0 spiro atoms. The highest BCUT2D eigenvalue weighted by atomic mass is 32.1. The first-order chi connectivity index (χ1) is 8.41. The van der Waals surface area contributed by atoms with E-state index in [-0.39, 0.29) is 4.32 Å². The first-order valence-corrected chi connectivity index (χ1v) is 7.00. The summed E-state index contributed by atoms with van der Waals surface area (Å²) in [6, 6.07) is 6.30. The quantitative estimate of drug-likeness (QED) is 0.524. The van der Waals surface area contributed by atoms with E-state index in [2.05, 4.69) is 81.5 Å². The molecule has 1 aromatic rings. The molecule has 1 aromatic heterocycles. The van der Waals surface area contributed by atoms with E-state index >= 15 is 0 Å². The highest BCUT2D eigenvalue weighted by Gasteiger charge is 2.25. The largest absolute Gasteiger partial charge is 0.415 e. The van der Waals surface area contributed by atoms with Crippen molar-refractivity contribution in [2.75, 3.05) is 19.6 Å². The minimum Gasteiger partial charge on any atom is -0.415 e. The molecule has 0 radical (unpaired) electrons. The Hall–Kier alpha value is -0.780. The number of hydrogen-bond acceptors (Lipinski definition) is 3. The summed E-state index contributed by atoms with van der Waals surface area (Å²) in [7, 11) is 0. The Morgan fingerprint density at radius 3 is 2.06 bits per heavy atom. The van der Waals surface area contributed by atoms with Crippen molar-refractivity contribution in [1.82, 2.24) is 9.47 Å². The maximum Gasteiger partial charge on any atom is 0.227 e. The van der Waals surface area contributed by atoms with E-state index in [4.69, 9.17) is 0 Å². The number of rotatable bonds is 4. The molecule has 0 unspecified atom stereocenters. The van der Waals surface area contributed by atoms with Gasteiger partial charge in [-0.15, -0.1) is 0 Å². The molecule has 18 heavy (non-hydrogen) atoms. The third-order valence-corrected chi connectivity index (χ3v) is 3.18. The molecule has 102 valence electrons. The summed E-state index contributed by atoms with van der Waals surface area (Å²) in [5.41, 5.74) is 5.77. The fourth-order valence-electron chi connectivity index (χ4n) is 1.95. The molecule has 2 N–H and O–H groups in total. The van der Waals surface area contributed by atoms with Gasteiger partial charge in [-0.05, 0) is 33.8 Å². The van der Waals surface area contributed by atoms with E-state index in [0.29, 0.717) is 0 Å². The second-order valence-corrected chi connectivity index (χ2v) is 5.19. The van der Waals surface area contributed by atoms with E-state index in [0.717, 1.165) is 29.8 Å². The number of pyridine rings is 1. The Labute approximate surface area is 121 Å². The maximum atomic E-state index is 4.66. The van der Waals surface area contributed by atoms with Gasteiger partial charge in [0.1, 0.15) is 0 Å². The summed E-state index contributed by atoms with van der Waals surface area (Å²) in [4.78, 5) is 4.63. The molecule has 0 aliphatic heterocycles. The molecule has 3 nitrogen and oxygen atoms in total. The van der Waals surface area contributed by atoms with Crippen molar-refractivity contribution in [3.63, 3.8) is 0 Å². The van der Waals surface area contributed by atoms with Crippen molar-refractivity contribution in [1.29, 1.82) is 0 Å². The highest BCUT2D eigenvalue weighted by molar-refractivity contribution is 8.00. The molecule has 0 aliphatic rings. The molecule has 0 amide bonds. The van der Waals surface area contributed by atoms with Crippen molar-refractivity contribution in [2.45, 2.75) is 27.7 Å². The Morgan fingerprint density at radius 2 is 1.72 bits per heavy atom. The number of quaternary nitrogens is 1. The minimum atomic E-state index is 0.0833. The molecule has 1 rings (SSSR count). The molecule has 5 heteroatoms. The summed E-state index contributed by atoms with van der Waals surface area (Å²) < 4.78 is 1.07. The molecular formula is C13H23N3S2. The Morgan fingerprint density at radius 1 is 1.28 bits per heavy atom. The number of nitrogens with zero attached hydrogens (tertiary/aromatic N) is 2. The Balaban J connectivity index is 0.000000631. The summed E-state index contributed by atoms with van der Waals surface area (Å²) in [6.07, 6.45) is 0. The zero-order valence-electron chi connectivity index (χ0n) is 11.6. The average molecular weight is 285 g/mol. The smallest absolute Gasteiger partial charge is 0.227 e. The van der Waals surface area contributed by atoms with Crippen LogP contribution in [0, 0.1) is 6.92 Å². The molecule has 0 atom stereocenters. The van der Waals surface area contributed by atoms with Crippen molar-refractivity contribution >= 4 is 35.0 Å². The molecule has 0 bridgehead atoms. The number of aromatic nitrogens is 1. The van der Waals surface area contributed by atoms with Crippen LogP contribution in [0.1, 0.15) is 26.5 Å². The zero-order valence-corrected chi connectivity index (χ0v) is 13.3. The normalized spacial score (nSPS) is 10.4. The fourth-order valence-corrected chi connectivity index (χ4v) is 1.95. The van der Waals surface area contributed by atoms with E-state index in [1.165, 1.54) is 5.82 Å². The number of thiocarbonyl (C=S) groups is 1. The van der Waals surface area contributed by atoms with Crippen LogP contribution in [0.4, 0.5) is 5.82 Å². The summed E-state index contributed by atoms with van der Waals surface area (Å²) in [5, 5.41) is 0. The lowest BCUT2D eigenvalue weighted by Gasteiger charge is -2.33. The lowest BCUT2D eigenvalue weighted by atomic mass is 10.3. The Bertz CT molecular complexity index is 364. The number of aryl methyl sites for hydroxylation is 1. The van der Waals surface area contributed by atoms with Crippen LogP contribution in [0.3, 0.4) is 0 Å². The molecule has 0 saturated carbocycles. The predicted octanol–water partition coefficient (Wildman–Crippen LogP) is 2.53. The summed E-state index contributed by atoms with van der Waals surface area (Å²) in [5.74, 6) is 1.21. The van der Waals surface area contributed by atoms with Gasteiger partial charge < -0.3 is 30.6 Å². The van der Waals surface area contributed by atoms with Gasteiger partial charge in [-0.25, -0.2) is 4.98 Å². The fraction of sp³-hybridized carbons (Fsp3) is 0.538. The van der Waals surface area contributed by atoms with Gasteiger partial charge >= 0.3 is 0 Å². The van der Waals surface area contributed by atoms with Gasteiger partial charge in [-0.1, -0.05) is 10.4 Å². The van der Waals surface area contributed by atoms with E-state index < -0.39 is 0 Å². The van der Waals surface area contributed by atoms with Gasteiger partial charge in [-0.3, -0.25) is 4.48 Å². The molecule has 0 saturated heterocycles. The second-order valence-electron chi connectivity index (χ2n) is 4.05. The number of nitrogens with two attached hydrogens (primary N) is 1. The van der Waals surface area contributed by atoms with E-state index in [1.807, 2.05) is 0 Å². The SMILES string of the molecule is CC[N+](CC)(CC)c1cccc(C)n1.NC(=S)[S-]. The lowest BCUT2D eigenvalue weighted by Crippen LogP contribution is -2.49. The van der Waals surface area contributed by atoms with Crippen molar-refractivity contribution < 1.29 is 0 Å². The van der Waals surface area contributed by atoms with Crippen LogP contribution in [-0.2, 0) is 12.6 Å². The standard InChI is InChI=1S/C12H21N2.CH3NS2/c1-5-14(6-2,7-3)12-10-8-9-11(4)13-12;2-1(3)4/h8-10H,5-7H2,1-4H3;(H3,2,3,4)/q+1;/p-1.